The van der Waals surface area contributed by atoms with E-state index in [0.29, 0.717) is 17.3 Å². The number of anilines is 1. The molecule has 0 aliphatic carbocycles. The van der Waals surface area contributed by atoms with Crippen molar-refractivity contribution in [1.29, 1.82) is 0 Å². The van der Waals surface area contributed by atoms with Gasteiger partial charge in [-0.2, -0.15) is 0 Å². The monoisotopic (exact) mass is 434 g/mol. The number of hydrogen-bond acceptors (Lipinski definition) is 7. The molecule has 3 heterocycles. The molecule has 1 fully saturated rings. The molecule has 1 aromatic carbocycles. The molecule has 0 unspecified atom stereocenters. The van der Waals surface area contributed by atoms with Crippen LogP contribution in [-0.2, 0) is 10.0 Å². The topological polar surface area (TPSA) is 75.2 Å². The van der Waals surface area contributed by atoms with Crippen molar-refractivity contribution in [3.05, 3.63) is 47.3 Å². The molecule has 4 rings (SSSR count). The van der Waals surface area contributed by atoms with Gasteiger partial charge in [-0.1, -0.05) is 23.5 Å². The van der Waals surface area contributed by atoms with Crippen molar-refractivity contribution in [2.24, 2.45) is 0 Å². The molecule has 0 bridgehead atoms. The standard InChI is InChI=1S/C19H22N4O2S3/c1-2-10-23-11-9-15(12-23)14-3-5-16(6-4-14)21-28(24,25)19-8-7-18(27-19)17-13-26-22-20-17/h3-8,13,15,21H,2,9-12H2,1H3/t15-/m1/s1. The Labute approximate surface area is 173 Å². The van der Waals surface area contributed by atoms with E-state index in [-0.39, 0.29) is 4.21 Å². The normalized spacial score (nSPS) is 17.8. The van der Waals surface area contributed by atoms with Crippen molar-refractivity contribution in [3.8, 4) is 10.6 Å². The lowest BCUT2D eigenvalue weighted by Gasteiger charge is -2.15. The molecule has 0 spiro atoms. The summed E-state index contributed by atoms with van der Waals surface area (Å²) in [6.07, 6.45) is 2.34. The second-order valence-corrected chi connectivity index (χ2v) is 10.5. The number of rotatable bonds is 7. The summed E-state index contributed by atoms with van der Waals surface area (Å²) in [5.41, 5.74) is 2.56. The summed E-state index contributed by atoms with van der Waals surface area (Å²) in [5, 5.41) is 5.80. The number of nitrogens with one attached hydrogen (secondary N) is 1. The third kappa shape index (κ3) is 4.27. The average Bonchev–Trinajstić information content (AvgIpc) is 3.43. The van der Waals surface area contributed by atoms with Gasteiger partial charge in [0, 0.05) is 17.6 Å². The van der Waals surface area contributed by atoms with Gasteiger partial charge in [-0.05, 0) is 73.2 Å². The van der Waals surface area contributed by atoms with E-state index >= 15 is 0 Å². The molecule has 148 valence electrons. The minimum absolute atomic E-state index is 0.269. The summed E-state index contributed by atoms with van der Waals surface area (Å²) in [5.74, 6) is 0.531. The second-order valence-electron chi connectivity index (χ2n) is 6.92. The molecule has 3 aromatic rings. The molecule has 1 aliphatic rings. The second kappa shape index (κ2) is 8.28. The first kappa shape index (κ1) is 19.5. The summed E-state index contributed by atoms with van der Waals surface area (Å²) in [6.45, 7) is 5.58. The highest BCUT2D eigenvalue weighted by molar-refractivity contribution is 7.94. The molecule has 6 nitrogen and oxygen atoms in total. The van der Waals surface area contributed by atoms with Crippen LogP contribution in [0.5, 0.6) is 0 Å². The van der Waals surface area contributed by atoms with Gasteiger partial charge in [-0.15, -0.1) is 16.4 Å². The first-order valence-electron chi connectivity index (χ1n) is 9.27. The number of nitrogens with zero attached hydrogens (tertiary/aromatic N) is 3. The Balaban J connectivity index is 1.44. The number of sulfonamides is 1. The van der Waals surface area contributed by atoms with Crippen LogP contribution in [0.15, 0.2) is 46.0 Å². The maximum absolute atomic E-state index is 12.7. The first-order valence-corrected chi connectivity index (χ1v) is 12.4. The lowest BCUT2D eigenvalue weighted by Crippen LogP contribution is -2.20. The van der Waals surface area contributed by atoms with Crippen molar-refractivity contribution in [2.45, 2.75) is 29.9 Å². The highest BCUT2D eigenvalue weighted by Gasteiger charge is 2.23. The van der Waals surface area contributed by atoms with Crippen molar-refractivity contribution in [1.82, 2.24) is 14.5 Å². The molecule has 0 amide bonds. The zero-order valence-corrected chi connectivity index (χ0v) is 18.0. The fourth-order valence-corrected chi connectivity index (χ4v) is 6.38. The van der Waals surface area contributed by atoms with E-state index in [1.165, 1.54) is 34.9 Å². The highest BCUT2D eigenvalue weighted by atomic mass is 32.2. The molecular formula is C19H22N4O2S3. The van der Waals surface area contributed by atoms with E-state index in [0.717, 1.165) is 30.9 Å². The van der Waals surface area contributed by atoms with Gasteiger partial charge in [0.2, 0.25) is 0 Å². The number of likely N-dealkylation sites (tertiary alicyclic amines) is 1. The SMILES string of the molecule is CCCN1CC[C@@H](c2ccc(NS(=O)(=O)c3ccc(-c4csnn4)s3)cc2)C1. The smallest absolute Gasteiger partial charge is 0.271 e. The Kier molecular flexibility index (Phi) is 5.77. The largest absolute Gasteiger partial charge is 0.303 e. The van der Waals surface area contributed by atoms with Crippen LogP contribution in [0.1, 0.15) is 31.2 Å². The summed E-state index contributed by atoms with van der Waals surface area (Å²) in [6, 6.07) is 11.2. The van der Waals surface area contributed by atoms with Gasteiger partial charge in [0.1, 0.15) is 9.90 Å². The van der Waals surface area contributed by atoms with Crippen LogP contribution in [0.4, 0.5) is 5.69 Å². The van der Waals surface area contributed by atoms with Crippen molar-refractivity contribution >= 4 is 38.6 Å². The molecule has 1 N–H and O–H groups in total. The summed E-state index contributed by atoms with van der Waals surface area (Å²) < 4.78 is 32.2. The van der Waals surface area contributed by atoms with Gasteiger partial charge in [0.05, 0.1) is 4.88 Å². The summed E-state index contributed by atoms with van der Waals surface area (Å²) in [7, 11) is -3.62. The maximum Gasteiger partial charge on any atom is 0.271 e. The Hall–Kier alpha value is -1.81. The van der Waals surface area contributed by atoms with E-state index < -0.39 is 10.0 Å². The summed E-state index contributed by atoms with van der Waals surface area (Å²) >= 11 is 2.44. The van der Waals surface area contributed by atoms with Gasteiger partial charge >= 0.3 is 0 Å². The van der Waals surface area contributed by atoms with Crippen molar-refractivity contribution < 1.29 is 8.42 Å². The van der Waals surface area contributed by atoms with Crippen molar-refractivity contribution in [2.75, 3.05) is 24.4 Å². The Bertz CT molecular complexity index is 1010. The fraction of sp³-hybridized carbons (Fsp3) is 0.368. The van der Waals surface area contributed by atoms with Crippen LogP contribution in [0.3, 0.4) is 0 Å². The van der Waals surface area contributed by atoms with Gasteiger partial charge in [0.15, 0.2) is 0 Å². The van der Waals surface area contributed by atoms with Gasteiger partial charge in [-0.3, -0.25) is 4.72 Å². The van der Waals surface area contributed by atoms with E-state index in [4.69, 9.17) is 0 Å². The number of hydrogen-bond donors (Lipinski definition) is 1. The molecule has 1 atom stereocenters. The summed E-state index contributed by atoms with van der Waals surface area (Å²) in [4.78, 5) is 3.29. The molecule has 1 saturated heterocycles. The van der Waals surface area contributed by atoms with Crippen LogP contribution in [0, 0.1) is 0 Å². The van der Waals surface area contributed by atoms with Gasteiger partial charge in [0.25, 0.3) is 10.0 Å². The molecule has 0 radical (unpaired) electrons. The van der Waals surface area contributed by atoms with E-state index in [2.05, 4.69) is 26.1 Å². The average molecular weight is 435 g/mol. The molecule has 1 aliphatic heterocycles. The Morgan fingerprint density at radius 3 is 2.75 bits per heavy atom. The maximum atomic E-state index is 12.7. The van der Waals surface area contributed by atoms with E-state index in [1.54, 1.807) is 17.5 Å². The van der Waals surface area contributed by atoms with E-state index in [9.17, 15) is 8.42 Å². The predicted octanol–water partition coefficient (Wildman–Crippen LogP) is 4.27. The van der Waals surface area contributed by atoms with Crippen molar-refractivity contribution in [3.63, 3.8) is 0 Å². The number of aromatic nitrogens is 2. The minimum atomic E-state index is -3.62. The van der Waals surface area contributed by atoms with Crippen LogP contribution < -0.4 is 4.72 Å². The molecular weight excluding hydrogens is 412 g/mol. The van der Waals surface area contributed by atoms with Crippen LogP contribution in [0.2, 0.25) is 0 Å². The highest BCUT2D eigenvalue weighted by Crippen LogP contribution is 2.32. The molecule has 9 heteroatoms. The lowest BCUT2D eigenvalue weighted by molar-refractivity contribution is 0.335. The minimum Gasteiger partial charge on any atom is -0.303 e. The van der Waals surface area contributed by atoms with Crippen LogP contribution >= 0.6 is 22.9 Å². The Morgan fingerprint density at radius 2 is 2.04 bits per heavy atom. The Morgan fingerprint density at radius 1 is 1.21 bits per heavy atom. The van der Waals surface area contributed by atoms with Gasteiger partial charge < -0.3 is 4.90 Å². The zero-order chi connectivity index (χ0) is 19.6. The molecule has 28 heavy (non-hydrogen) atoms. The first-order chi connectivity index (χ1) is 13.5. The van der Waals surface area contributed by atoms with E-state index in [1.807, 2.05) is 24.3 Å². The molecule has 0 saturated carbocycles. The van der Waals surface area contributed by atoms with Gasteiger partial charge in [-0.25, -0.2) is 8.42 Å². The quantitative estimate of drug-likeness (QED) is 0.601. The molecule has 2 aromatic heterocycles. The third-order valence-corrected chi connectivity index (χ3v) is 8.39. The van der Waals surface area contributed by atoms with Crippen LogP contribution in [-0.4, -0.2) is 42.5 Å². The lowest BCUT2D eigenvalue weighted by atomic mass is 9.98. The predicted molar refractivity (Wildman–Crippen MR) is 115 cm³/mol. The fourth-order valence-electron chi connectivity index (χ4n) is 3.53. The van der Waals surface area contributed by atoms with Crippen LogP contribution in [0.25, 0.3) is 10.6 Å². The number of benzene rings is 1. The number of thiophene rings is 1. The zero-order valence-electron chi connectivity index (χ0n) is 15.5. The third-order valence-electron chi connectivity index (χ3n) is 4.91.